The molecule has 0 spiro atoms. The molecule has 4 unspecified atom stereocenters. The molecule has 0 saturated carbocycles. The molecule has 0 saturated heterocycles. The van der Waals surface area contributed by atoms with Crippen molar-refractivity contribution in [3.8, 4) is 36.4 Å². The van der Waals surface area contributed by atoms with Gasteiger partial charge in [0, 0.05) is 0 Å². The third kappa shape index (κ3) is 18.7. The van der Waals surface area contributed by atoms with Crippen LogP contribution in [0.1, 0.15) is 38.5 Å². The molecule has 38 heavy (non-hydrogen) atoms. The summed E-state index contributed by atoms with van der Waals surface area (Å²) in [5.74, 6) is 0. The summed E-state index contributed by atoms with van der Waals surface area (Å²) in [5, 5.41) is 53.2. The molecule has 0 fully saturated rings. The zero-order valence-electron chi connectivity index (χ0n) is 21.5. The summed E-state index contributed by atoms with van der Waals surface area (Å²) in [6.07, 6.45) is 1.62. The zero-order chi connectivity index (χ0) is 28.1. The Morgan fingerprint density at radius 3 is 1.03 bits per heavy atom. The van der Waals surface area contributed by atoms with Crippen molar-refractivity contribution in [3.63, 3.8) is 0 Å². The quantitative estimate of drug-likeness (QED) is 0.132. The molecule has 0 aliphatic rings. The standard InChI is InChI=1S/C26H34N6O6/c27-9-1-15-33-21-25(37-19-5-13-31)23(35-17-3-11-29)7-8-24(36-18-4-12-30)26(38-20-6-14-32)22-34-16-2-10-28/h7-8,23-26H,1-6,15-22H2/b8-7+. The molecule has 0 aliphatic heterocycles. The zero-order valence-corrected chi connectivity index (χ0v) is 21.5. The van der Waals surface area contributed by atoms with Crippen molar-refractivity contribution < 1.29 is 28.4 Å². The molecule has 0 amide bonds. The van der Waals surface area contributed by atoms with Crippen molar-refractivity contribution in [2.24, 2.45) is 0 Å². The Kier molecular flexibility index (Phi) is 24.0. The van der Waals surface area contributed by atoms with Crippen LogP contribution in [0, 0.1) is 68.0 Å². The molecule has 0 rings (SSSR count). The van der Waals surface area contributed by atoms with Crippen LogP contribution in [0.3, 0.4) is 0 Å². The van der Waals surface area contributed by atoms with E-state index in [0.717, 1.165) is 0 Å². The maximum atomic E-state index is 8.94. The summed E-state index contributed by atoms with van der Waals surface area (Å²) in [6, 6.07) is 12.0. The van der Waals surface area contributed by atoms with Crippen molar-refractivity contribution >= 4 is 0 Å². The minimum absolute atomic E-state index is 0.0774. The lowest BCUT2D eigenvalue weighted by Crippen LogP contribution is -2.38. The topological polar surface area (TPSA) is 198 Å². The molecule has 0 bridgehead atoms. The van der Waals surface area contributed by atoms with Gasteiger partial charge in [0.05, 0.1) is 128 Å². The predicted molar refractivity (Wildman–Crippen MR) is 131 cm³/mol. The SMILES string of the molecule is N#CCCOCC(OCCC#N)C(/C=C/C(OCCC#N)C(COCCC#N)OCCC#N)OCCC#N. The van der Waals surface area contributed by atoms with E-state index in [0.29, 0.717) is 0 Å². The fourth-order valence-electron chi connectivity index (χ4n) is 2.90. The molecule has 4 atom stereocenters. The number of hydrogen-bond acceptors (Lipinski definition) is 12. The van der Waals surface area contributed by atoms with E-state index in [2.05, 4.69) is 0 Å². The van der Waals surface area contributed by atoms with Gasteiger partial charge in [-0.05, 0) is 0 Å². The van der Waals surface area contributed by atoms with Gasteiger partial charge >= 0.3 is 0 Å². The van der Waals surface area contributed by atoms with Crippen molar-refractivity contribution in [1.29, 1.82) is 31.6 Å². The highest BCUT2D eigenvalue weighted by atomic mass is 16.6. The van der Waals surface area contributed by atoms with Gasteiger partial charge in [0.15, 0.2) is 0 Å². The van der Waals surface area contributed by atoms with E-state index in [4.69, 9.17) is 60.0 Å². The second-order valence-corrected chi connectivity index (χ2v) is 7.47. The highest BCUT2D eigenvalue weighted by molar-refractivity contribution is 5.01. The lowest BCUT2D eigenvalue weighted by atomic mass is 10.1. The van der Waals surface area contributed by atoms with E-state index >= 15 is 0 Å². The maximum absolute atomic E-state index is 8.94. The molecule has 204 valence electrons. The third-order valence-electron chi connectivity index (χ3n) is 4.64. The molecule has 0 aromatic carbocycles. The van der Waals surface area contributed by atoms with E-state index in [9.17, 15) is 0 Å². The Morgan fingerprint density at radius 2 is 0.711 bits per heavy atom. The first kappa shape index (κ1) is 34.4. The molecule has 0 aromatic rings. The number of rotatable bonds is 24. The van der Waals surface area contributed by atoms with Gasteiger partial charge in [-0.3, -0.25) is 0 Å². The average molecular weight is 527 g/mol. The van der Waals surface area contributed by atoms with Crippen molar-refractivity contribution in [2.75, 3.05) is 52.9 Å². The lowest BCUT2D eigenvalue weighted by Gasteiger charge is -2.27. The van der Waals surface area contributed by atoms with Gasteiger partial charge in [-0.2, -0.15) is 31.6 Å². The molecule has 0 aromatic heterocycles. The molecule has 12 heteroatoms. The summed E-state index contributed by atoms with van der Waals surface area (Å²) in [6.45, 7) is 1.02. The van der Waals surface area contributed by atoms with Crippen molar-refractivity contribution in [3.05, 3.63) is 12.2 Å². The van der Waals surface area contributed by atoms with Crippen molar-refractivity contribution in [2.45, 2.75) is 62.9 Å². The molecule has 0 heterocycles. The fourth-order valence-corrected chi connectivity index (χ4v) is 2.90. The lowest BCUT2D eigenvalue weighted by molar-refractivity contribution is -0.0904. The van der Waals surface area contributed by atoms with Crippen LogP contribution in [0.5, 0.6) is 0 Å². The number of nitriles is 6. The van der Waals surface area contributed by atoms with E-state index < -0.39 is 24.4 Å². The molecule has 0 aliphatic carbocycles. The molecule has 0 N–H and O–H groups in total. The van der Waals surface area contributed by atoms with E-state index in [1.54, 1.807) is 12.2 Å². The first-order valence-electron chi connectivity index (χ1n) is 12.2. The molecular formula is C26H34N6O6. The monoisotopic (exact) mass is 526 g/mol. The van der Waals surface area contributed by atoms with Crippen LogP contribution in [-0.4, -0.2) is 77.3 Å². The van der Waals surface area contributed by atoms with Crippen LogP contribution in [0.4, 0.5) is 0 Å². The average Bonchev–Trinajstić information content (AvgIpc) is 2.92. The molecule has 0 radical (unpaired) electrons. The van der Waals surface area contributed by atoms with Crippen LogP contribution >= 0.6 is 0 Å². The molecule has 12 nitrogen and oxygen atoms in total. The molecular weight excluding hydrogens is 492 g/mol. The van der Waals surface area contributed by atoms with Crippen LogP contribution in [0.2, 0.25) is 0 Å². The predicted octanol–water partition coefficient (Wildman–Crippen LogP) is 2.60. The van der Waals surface area contributed by atoms with Gasteiger partial charge in [0.25, 0.3) is 0 Å². The van der Waals surface area contributed by atoms with Gasteiger partial charge in [-0.15, -0.1) is 0 Å². The summed E-state index contributed by atoms with van der Waals surface area (Å²) < 4.78 is 34.5. The van der Waals surface area contributed by atoms with Crippen LogP contribution in [0.25, 0.3) is 0 Å². The second kappa shape index (κ2) is 26.5. The summed E-state index contributed by atoms with van der Waals surface area (Å²) in [7, 11) is 0. The van der Waals surface area contributed by atoms with Gasteiger partial charge in [-0.1, -0.05) is 12.2 Å². The first-order valence-corrected chi connectivity index (χ1v) is 12.2. The Morgan fingerprint density at radius 1 is 0.421 bits per heavy atom. The third-order valence-corrected chi connectivity index (χ3v) is 4.64. The second-order valence-electron chi connectivity index (χ2n) is 7.47. The Bertz CT molecular complexity index is 817. The number of hydrogen-bond donors (Lipinski definition) is 0. The van der Waals surface area contributed by atoms with E-state index in [1.807, 2.05) is 36.4 Å². The van der Waals surface area contributed by atoms with Crippen LogP contribution in [-0.2, 0) is 28.4 Å². The van der Waals surface area contributed by atoms with Gasteiger partial charge in [0.2, 0.25) is 0 Å². The minimum atomic E-state index is -0.703. The largest absolute Gasteiger partial charge is 0.378 e. The van der Waals surface area contributed by atoms with Gasteiger partial charge in [-0.25, -0.2) is 0 Å². The Labute approximate surface area is 224 Å². The summed E-state index contributed by atoms with van der Waals surface area (Å²) in [4.78, 5) is 0. The number of ether oxygens (including phenoxy) is 6. The van der Waals surface area contributed by atoms with Crippen LogP contribution < -0.4 is 0 Å². The Balaban J connectivity index is 5.85. The first-order chi connectivity index (χ1) is 18.7. The number of nitrogens with zero attached hydrogens (tertiary/aromatic N) is 6. The smallest absolute Gasteiger partial charge is 0.111 e. The summed E-state index contributed by atoms with van der Waals surface area (Å²) in [5.41, 5.74) is 0. The van der Waals surface area contributed by atoms with Gasteiger partial charge < -0.3 is 28.4 Å². The van der Waals surface area contributed by atoms with E-state index in [1.165, 1.54) is 0 Å². The maximum Gasteiger partial charge on any atom is 0.111 e. The normalized spacial score (nSPS) is 13.6. The fraction of sp³-hybridized carbons (Fsp3) is 0.692. The van der Waals surface area contributed by atoms with Crippen LogP contribution in [0.15, 0.2) is 12.2 Å². The highest BCUT2D eigenvalue weighted by Crippen LogP contribution is 2.14. The Hall–Kier alpha value is -3.56. The van der Waals surface area contributed by atoms with Crippen molar-refractivity contribution in [1.82, 2.24) is 0 Å². The highest BCUT2D eigenvalue weighted by Gasteiger charge is 2.25. The van der Waals surface area contributed by atoms with Gasteiger partial charge in [0.1, 0.15) is 24.4 Å². The summed E-state index contributed by atoms with van der Waals surface area (Å²) >= 11 is 0. The minimum Gasteiger partial charge on any atom is -0.378 e. The van der Waals surface area contributed by atoms with E-state index in [-0.39, 0.29) is 91.4 Å².